The molecule has 0 unspecified atom stereocenters. The van der Waals surface area contributed by atoms with Crippen LogP contribution >= 0.6 is 11.6 Å². The first-order valence-corrected chi connectivity index (χ1v) is 5.57. The van der Waals surface area contributed by atoms with Crippen LogP contribution in [0.1, 0.15) is 0 Å². The monoisotopic (exact) mass is 280 g/mol. The summed E-state index contributed by atoms with van der Waals surface area (Å²) >= 11 is 5.72. The molecule has 7 heteroatoms. The van der Waals surface area contributed by atoms with E-state index in [2.05, 4.69) is 9.97 Å². The van der Waals surface area contributed by atoms with E-state index in [0.29, 0.717) is 0 Å². The maximum atomic E-state index is 13.8. The van der Waals surface area contributed by atoms with Gasteiger partial charge in [-0.1, -0.05) is 17.7 Å². The molecule has 2 rings (SSSR count). The van der Waals surface area contributed by atoms with E-state index in [1.54, 1.807) is 0 Å². The first kappa shape index (κ1) is 13.2. The first-order chi connectivity index (χ1) is 9.13. The van der Waals surface area contributed by atoms with Gasteiger partial charge in [-0.15, -0.1) is 0 Å². The highest BCUT2D eigenvalue weighted by molar-refractivity contribution is 6.29. The van der Waals surface area contributed by atoms with E-state index in [1.165, 1.54) is 29.4 Å². The highest BCUT2D eigenvalue weighted by Crippen LogP contribution is 2.28. The van der Waals surface area contributed by atoms with Crippen molar-refractivity contribution in [2.45, 2.75) is 0 Å². The minimum absolute atomic E-state index is 0.0867. The number of benzene rings is 1. The van der Waals surface area contributed by atoms with Crippen LogP contribution < -0.4 is 4.90 Å². The van der Waals surface area contributed by atoms with Crippen LogP contribution in [0.15, 0.2) is 30.6 Å². The number of halogens is 3. The molecule has 0 aliphatic rings. The zero-order chi connectivity index (χ0) is 13.8. The molecule has 1 aromatic carbocycles. The van der Waals surface area contributed by atoms with E-state index in [-0.39, 0.29) is 23.2 Å². The average Bonchev–Trinajstić information content (AvgIpc) is 2.40. The Balaban J connectivity index is 2.52. The summed E-state index contributed by atoms with van der Waals surface area (Å²) in [6.45, 7) is -0.201. The van der Waals surface area contributed by atoms with Crippen molar-refractivity contribution in [2.75, 3.05) is 11.4 Å². The van der Waals surface area contributed by atoms with Crippen LogP contribution in [0, 0.1) is 23.0 Å². The molecule has 0 saturated carbocycles. The van der Waals surface area contributed by atoms with Crippen LogP contribution in [0.3, 0.4) is 0 Å². The molecule has 0 atom stereocenters. The molecular formula is C12H7ClF2N4. The SMILES string of the molecule is N#CCN(c1cc(Cl)ncn1)c1cccc(F)c1F. The van der Waals surface area contributed by atoms with E-state index in [9.17, 15) is 8.78 Å². The van der Waals surface area contributed by atoms with Gasteiger partial charge in [0.2, 0.25) is 0 Å². The van der Waals surface area contributed by atoms with Crippen molar-refractivity contribution in [1.29, 1.82) is 5.26 Å². The van der Waals surface area contributed by atoms with Gasteiger partial charge in [-0.05, 0) is 12.1 Å². The predicted molar refractivity (Wildman–Crippen MR) is 66.0 cm³/mol. The van der Waals surface area contributed by atoms with Crippen molar-refractivity contribution >= 4 is 23.1 Å². The maximum Gasteiger partial charge on any atom is 0.182 e. The molecule has 19 heavy (non-hydrogen) atoms. The van der Waals surface area contributed by atoms with Crippen LogP contribution in [0.2, 0.25) is 5.15 Å². The summed E-state index contributed by atoms with van der Waals surface area (Å²) in [6.07, 6.45) is 1.18. The van der Waals surface area contributed by atoms with E-state index in [1.807, 2.05) is 6.07 Å². The number of anilines is 2. The van der Waals surface area contributed by atoms with Gasteiger partial charge in [-0.2, -0.15) is 5.26 Å². The summed E-state index contributed by atoms with van der Waals surface area (Å²) in [5, 5.41) is 8.95. The summed E-state index contributed by atoms with van der Waals surface area (Å²) in [7, 11) is 0. The van der Waals surface area contributed by atoms with Crippen LogP contribution in [-0.2, 0) is 0 Å². The number of nitriles is 1. The zero-order valence-corrected chi connectivity index (χ0v) is 10.3. The second-order valence-corrected chi connectivity index (χ2v) is 3.90. The van der Waals surface area contributed by atoms with Crippen LogP contribution in [0.5, 0.6) is 0 Å². The Labute approximate surface area is 112 Å². The minimum Gasteiger partial charge on any atom is -0.310 e. The Morgan fingerprint density at radius 2 is 2.11 bits per heavy atom. The fourth-order valence-corrected chi connectivity index (χ4v) is 1.67. The van der Waals surface area contributed by atoms with E-state index >= 15 is 0 Å². The lowest BCUT2D eigenvalue weighted by Crippen LogP contribution is -2.20. The molecule has 0 bridgehead atoms. The predicted octanol–water partition coefficient (Wildman–Crippen LogP) is 3.07. The molecule has 0 fully saturated rings. The molecule has 0 radical (unpaired) electrons. The summed E-state index contributed by atoms with van der Waals surface area (Å²) in [5.41, 5.74) is -0.0867. The number of hydrogen-bond donors (Lipinski definition) is 0. The molecule has 2 aromatic rings. The smallest absolute Gasteiger partial charge is 0.182 e. The third kappa shape index (κ3) is 2.77. The van der Waals surface area contributed by atoms with Crippen LogP contribution in [0.4, 0.5) is 20.3 Å². The van der Waals surface area contributed by atoms with Gasteiger partial charge in [0.25, 0.3) is 0 Å². The topological polar surface area (TPSA) is 52.8 Å². The minimum atomic E-state index is -1.05. The van der Waals surface area contributed by atoms with Crippen LogP contribution in [0.25, 0.3) is 0 Å². The van der Waals surface area contributed by atoms with Crippen molar-refractivity contribution in [3.63, 3.8) is 0 Å². The van der Waals surface area contributed by atoms with Crippen molar-refractivity contribution < 1.29 is 8.78 Å². The molecule has 0 amide bonds. The fourth-order valence-electron chi connectivity index (χ4n) is 1.53. The second-order valence-electron chi connectivity index (χ2n) is 3.52. The second kappa shape index (κ2) is 5.59. The molecule has 1 heterocycles. The molecule has 4 nitrogen and oxygen atoms in total. The number of rotatable bonds is 3. The van der Waals surface area contributed by atoms with Crippen molar-refractivity contribution in [2.24, 2.45) is 0 Å². The van der Waals surface area contributed by atoms with Gasteiger partial charge in [-0.3, -0.25) is 0 Å². The lowest BCUT2D eigenvalue weighted by atomic mass is 10.2. The standard InChI is InChI=1S/C12H7ClF2N4/c13-10-6-11(18-7-17-10)19(5-4-16)9-3-1-2-8(14)12(9)15/h1-3,6-7H,5H2. The van der Waals surface area contributed by atoms with E-state index in [0.717, 1.165) is 6.07 Å². The Kier molecular flexibility index (Phi) is 3.88. The molecule has 0 saturated heterocycles. The van der Waals surface area contributed by atoms with Crippen molar-refractivity contribution in [1.82, 2.24) is 9.97 Å². The largest absolute Gasteiger partial charge is 0.310 e. The van der Waals surface area contributed by atoms with Gasteiger partial charge in [0, 0.05) is 6.07 Å². The highest BCUT2D eigenvalue weighted by atomic mass is 35.5. The zero-order valence-electron chi connectivity index (χ0n) is 9.52. The number of nitrogens with zero attached hydrogens (tertiary/aromatic N) is 4. The Bertz CT molecular complexity index is 642. The third-order valence-corrected chi connectivity index (χ3v) is 2.55. The molecule has 0 N–H and O–H groups in total. The van der Waals surface area contributed by atoms with Gasteiger partial charge >= 0.3 is 0 Å². The highest BCUT2D eigenvalue weighted by Gasteiger charge is 2.17. The average molecular weight is 281 g/mol. The van der Waals surface area contributed by atoms with Gasteiger partial charge < -0.3 is 4.90 Å². The number of hydrogen-bond acceptors (Lipinski definition) is 4. The summed E-state index contributed by atoms with van der Waals surface area (Å²) in [6, 6.07) is 6.93. The molecule has 0 aliphatic heterocycles. The summed E-state index contributed by atoms with van der Waals surface area (Å²) in [5.74, 6) is -1.83. The molecule has 96 valence electrons. The maximum absolute atomic E-state index is 13.8. The lowest BCUT2D eigenvalue weighted by Gasteiger charge is -2.21. The van der Waals surface area contributed by atoms with Gasteiger partial charge in [0.1, 0.15) is 23.8 Å². The van der Waals surface area contributed by atoms with E-state index in [4.69, 9.17) is 16.9 Å². The Morgan fingerprint density at radius 1 is 1.32 bits per heavy atom. The Morgan fingerprint density at radius 3 is 2.79 bits per heavy atom. The van der Waals surface area contributed by atoms with E-state index < -0.39 is 11.6 Å². The van der Waals surface area contributed by atoms with Gasteiger partial charge in [0.15, 0.2) is 11.6 Å². The molecular weight excluding hydrogens is 274 g/mol. The van der Waals surface area contributed by atoms with Crippen LogP contribution in [-0.4, -0.2) is 16.5 Å². The first-order valence-electron chi connectivity index (χ1n) is 5.19. The fraction of sp³-hybridized carbons (Fsp3) is 0.0833. The van der Waals surface area contributed by atoms with Crippen molar-refractivity contribution in [3.05, 3.63) is 47.4 Å². The lowest BCUT2D eigenvalue weighted by molar-refractivity contribution is 0.509. The molecule has 0 aliphatic carbocycles. The van der Waals surface area contributed by atoms with Gasteiger partial charge in [-0.25, -0.2) is 18.7 Å². The summed E-state index contributed by atoms with van der Waals surface area (Å²) in [4.78, 5) is 8.80. The third-order valence-electron chi connectivity index (χ3n) is 2.35. The number of aromatic nitrogens is 2. The van der Waals surface area contributed by atoms with Gasteiger partial charge in [0.05, 0.1) is 11.8 Å². The quantitative estimate of drug-likeness (QED) is 0.640. The van der Waals surface area contributed by atoms with Crippen molar-refractivity contribution in [3.8, 4) is 6.07 Å². The Hall–Kier alpha value is -2.26. The normalized spacial score (nSPS) is 10.0. The summed E-state index contributed by atoms with van der Waals surface area (Å²) < 4.78 is 27.0. The molecule has 1 aromatic heterocycles. The molecule has 0 spiro atoms.